The Morgan fingerprint density at radius 2 is 1.50 bits per heavy atom. The van der Waals surface area contributed by atoms with E-state index in [1.807, 2.05) is 18.2 Å². The molecule has 0 spiro atoms. The lowest BCUT2D eigenvalue weighted by atomic mass is 10.2. The minimum absolute atomic E-state index is 0.0191. The molecule has 0 unspecified atom stereocenters. The molecule has 0 saturated heterocycles. The number of anilines is 2. The topological polar surface area (TPSA) is 75.7 Å². The van der Waals surface area contributed by atoms with E-state index in [0.717, 1.165) is 10.6 Å². The summed E-state index contributed by atoms with van der Waals surface area (Å²) in [6.45, 7) is 1.44. The lowest BCUT2D eigenvalue weighted by Gasteiger charge is -2.28. The van der Waals surface area contributed by atoms with Gasteiger partial charge in [-0.2, -0.15) is 0 Å². The van der Waals surface area contributed by atoms with Crippen LogP contribution in [-0.4, -0.2) is 26.6 Å². The predicted octanol–water partition coefficient (Wildman–Crippen LogP) is 4.41. The minimum atomic E-state index is -3.80. The molecule has 0 radical (unpaired) electrons. The Morgan fingerprint density at radius 3 is 2.10 bits per heavy atom. The maximum atomic E-state index is 13.8. The molecule has 0 aliphatic carbocycles. The van der Waals surface area contributed by atoms with Gasteiger partial charge >= 0.3 is 0 Å². The molecule has 0 heterocycles. The van der Waals surface area contributed by atoms with E-state index in [1.165, 1.54) is 25.1 Å². The second-order valence-electron chi connectivity index (χ2n) is 6.61. The number of nitrogens with one attached hydrogen (secondary N) is 1. The standard InChI is InChI=1S/C22H21FN2O4S/c1-16(22(26)24-21-11-7-6-10-20(21)23)25(30(2,27)28)17-12-14-19(15-13-17)29-18-8-4-3-5-9-18/h3-16H,1-2H3,(H,24,26)/t16-/m0/s1. The smallest absolute Gasteiger partial charge is 0.248 e. The van der Waals surface area contributed by atoms with Crippen LogP contribution in [0.3, 0.4) is 0 Å². The van der Waals surface area contributed by atoms with Crippen molar-refractivity contribution >= 4 is 27.3 Å². The molecule has 8 heteroatoms. The summed E-state index contributed by atoms with van der Waals surface area (Å²) in [6, 6.07) is 20.0. The molecule has 3 rings (SSSR count). The summed E-state index contributed by atoms with van der Waals surface area (Å²) < 4.78 is 45.4. The third kappa shape index (κ3) is 5.15. The lowest BCUT2D eigenvalue weighted by molar-refractivity contribution is -0.116. The van der Waals surface area contributed by atoms with Gasteiger partial charge in [-0.1, -0.05) is 30.3 Å². The van der Waals surface area contributed by atoms with E-state index >= 15 is 0 Å². The molecule has 0 bridgehead atoms. The molecule has 0 aliphatic heterocycles. The van der Waals surface area contributed by atoms with Gasteiger partial charge in [0.25, 0.3) is 0 Å². The molecule has 0 fully saturated rings. The van der Waals surface area contributed by atoms with Gasteiger partial charge in [-0.05, 0) is 55.5 Å². The van der Waals surface area contributed by atoms with Crippen molar-refractivity contribution in [3.63, 3.8) is 0 Å². The first-order chi connectivity index (χ1) is 14.3. The average molecular weight is 428 g/mol. The quantitative estimate of drug-likeness (QED) is 0.605. The van der Waals surface area contributed by atoms with Gasteiger partial charge in [0, 0.05) is 0 Å². The number of halogens is 1. The van der Waals surface area contributed by atoms with Gasteiger partial charge in [0.1, 0.15) is 23.4 Å². The third-order valence-corrected chi connectivity index (χ3v) is 5.53. The summed E-state index contributed by atoms with van der Waals surface area (Å²) in [7, 11) is -3.80. The van der Waals surface area contributed by atoms with Crippen molar-refractivity contribution in [3.8, 4) is 11.5 Å². The van der Waals surface area contributed by atoms with Crippen molar-refractivity contribution in [2.24, 2.45) is 0 Å². The SMILES string of the molecule is C[C@@H](C(=O)Nc1ccccc1F)N(c1ccc(Oc2ccccc2)cc1)S(C)(=O)=O. The largest absolute Gasteiger partial charge is 0.457 e. The van der Waals surface area contributed by atoms with Crippen LogP contribution in [0.2, 0.25) is 0 Å². The van der Waals surface area contributed by atoms with Crippen molar-refractivity contribution in [1.82, 2.24) is 0 Å². The Morgan fingerprint density at radius 1 is 0.933 bits per heavy atom. The van der Waals surface area contributed by atoms with E-state index in [1.54, 1.807) is 42.5 Å². The number of para-hydroxylation sites is 2. The molecular weight excluding hydrogens is 407 g/mol. The zero-order chi connectivity index (χ0) is 21.7. The molecular formula is C22H21FN2O4S. The lowest BCUT2D eigenvalue weighted by Crippen LogP contribution is -2.45. The fourth-order valence-corrected chi connectivity index (χ4v) is 4.07. The summed E-state index contributed by atoms with van der Waals surface area (Å²) in [5.41, 5.74) is 0.267. The number of rotatable bonds is 7. The first kappa shape index (κ1) is 21.3. The number of sulfonamides is 1. The first-order valence-corrected chi connectivity index (χ1v) is 11.0. The van der Waals surface area contributed by atoms with Crippen molar-refractivity contribution < 1.29 is 22.3 Å². The minimum Gasteiger partial charge on any atom is -0.457 e. The number of hydrogen-bond donors (Lipinski definition) is 1. The number of amides is 1. The molecule has 0 aliphatic rings. The Hall–Kier alpha value is -3.39. The van der Waals surface area contributed by atoms with Crippen LogP contribution in [0.1, 0.15) is 6.92 Å². The van der Waals surface area contributed by atoms with Gasteiger partial charge in [0.2, 0.25) is 15.9 Å². The summed E-state index contributed by atoms with van der Waals surface area (Å²) in [6.07, 6.45) is 1.01. The molecule has 6 nitrogen and oxygen atoms in total. The van der Waals surface area contributed by atoms with E-state index in [4.69, 9.17) is 4.74 Å². The van der Waals surface area contributed by atoms with Gasteiger partial charge in [-0.15, -0.1) is 0 Å². The van der Waals surface area contributed by atoms with Crippen molar-refractivity contribution in [3.05, 3.63) is 84.7 Å². The molecule has 1 amide bonds. The molecule has 1 N–H and O–H groups in total. The number of benzene rings is 3. The highest BCUT2D eigenvalue weighted by Gasteiger charge is 2.29. The predicted molar refractivity (Wildman–Crippen MR) is 115 cm³/mol. The molecule has 0 aromatic heterocycles. The molecule has 0 saturated carbocycles. The highest BCUT2D eigenvalue weighted by Crippen LogP contribution is 2.27. The normalized spacial score (nSPS) is 12.1. The third-order valence-electron chi connectivity index (χ3n) is 4.29. The zero-order valence-corrected chi connectivity index (χ0v) is 17.3. The van der Waals surface area contributed by atoms with Crippen molar-refractivity contribution in [1.29, 1.82) is 0 Å². The van der Waals surface area contributed by atoms with Crippen LogP contribution in [0.15, 0.2) is 78.9 Å². The van der Waals surface area contributed by atoms with E-state index in [0.29, 0.717) is 11.5 Å². The van der Waals surface area contributed by atoms with Gasteiger partial charge in [0.05, 0.1) is 17.6 Å². The van der Waals surface area contributed by atoms with Gasteiger partial charge < -0.3 is 10.1 Å². The molecule has 3 aromatic carbocycles. The highest BCUT2D eigenvalue weighted by molar-refractivity contribution is 7.92. The Bertz CT molecular complexity index is 1120. The fourth-order valence-electron chi connectivity index (χ4n) is 2.89. The highest BCUT2D eigenvalue weighted by atomic mass is 32.2. The number of carbonyl (C=O) groups is 1. The number of hydrogen-bond acceptors (Lipinski definition) is 4. The zero-order valence-electron chi connectivity index (χ0n) is 16.4. The fraction of sp³-hybridized carbons (Fsp3) is 0.136. The van der Waals surface area contributed by atoms with Gasteiger partial charge in [-0.25, -0.2) is 12.8 Å². The van der Waals surface area contributed by atoms with Crippen molar-refractivity contribution in [2.45, 2.75) is 13.0 Å². The Balaban J connectivity index is 1.82. The van der Waals surface area contributed by atoms with E-state index in [9.17, 15) is 17.6 Å². The summed E-state index contributed by atoms with van der Waals surface area (Å²) in [5, 5.41) is 2.43. The van der Waals surface area contributed by atoms with Crippen LogP contribution < -0.4 is 14.4 Å². The van der Waals surface area contributed by atoms with E-state index < -0.39 is 27.8 Å². The van der Waals surface area contributed by atoms with Gasteiger partial charge in [-0.3, -0.25) is 9.10 Å². The molecule has 1 atom stereocenters. The van der Waals surface area contributed by atoms with Crippen LogP contribution in [0.25, 0.3) is 0 Å². The van der Waals surface area contributed by atoms with Crippen LogP contribution in [0.5, 0.6) is 11.5 Å². The second kappa shape index (κ2) is 8.96. The average Bonchev–Trinajstić information content (AvgIpc) is 2.71. The number of ether oxygens (including phenoxy) is 1. The number of carbonyl (C=O) groups excluding carboxylic acids is 1. The second-order valence-corrected chi connectivity index (χ2v) is 8.47. The van der Waals surface area contributed by atoms with E-state index in [2.05, 4.69) is 5.32 Å². The maximum Gasteiger partial charge on any atom is 0.248 e. The van der Waals surface area contributed by atoms with Crippen LogP contribution >= 0.6 is 0 Å². The summed E-state index contributed by atoms with van der Waals surface area (Å²) in [4.78, 5) is 12.6. The number of nitrogens with zero attached hydrogens (tertiary/aromatic N) is 1. The van der Waals surface area contributed by atoms with Crippen LogP contribution in [0, 0.1) is 5.82 Å². The maximum absolute atomic E-state index is 13.8. The first-order valence-electron chi connectivity index (χ1n) is 9.13. The molecule has 3 aromatic rings. The van der Waals surface area contributed by atoms with Crippen LogP contribution in [0.4, 0.5) is 15.8 Å². The van der Waals surface area contributed by atoms with E-state index in [-0.39, 0.29) is 11.4 Å². The Labute approximate surface area is 175 Å². The van der Waals surface area contributed by atoms with Crippen molar-refractivity contribution in [2.75, 3.05) is 15.9 Å². The monoisotopic (exact) mass is 428 g/mol. The molecule has 30 heavy (non-hydrogen) atoms. The summed E-state index contributed by atoms with van der Waals surface area (Å²) >= 11 is 0. The van der Waals surface area contributed by atoms with Crippen LogP contribution in [-0.2, 0) is 14.8 Å². The molecule has 156 valence electrons. The van der Waals surface area contributed by atoms with Gasteiger partial charge in [0.15, 0.2) is 0 Å². The summed E-state index contributed by atoms with van der Waals surface area (Å²) in [5.74, 6) is -0.105. The Kier molecular flexibility index (Phi) is 6.37.